The van der Waals surface area contributed by atoms with Gasteiger partial charge in [-0.2, -0.15) is 0 Å². The number of aliphatic hydroxyl groups is 2. The van der Waals surface area contributed by atoms with Crippen molar-refractivity contribution < 1.29 is 77.2 Å². The summed E-state index contributed by atoms with van der Waals surface area (Å²) in [6.45, 7) is 21.4. The number of hydrogen-bond acceptors (Lipinski definition) is 16. The van der Waals surface area contributed by atoms with Gasteiger partial charge >= 0.3 is 0 Å². The molecule has 0 aromatic carbocycles. The number of nitrogens with one attached hydrogen (secondary N) is 5. The number of rotatable bonds is 19. The summed E-state index contributed by atoms with van der Waals surface area (Å²) in [6, 6.07) is -14.5. The highest BCUT2D eigenvalue weighted by atomic mass is 16.5. The van der Waals surface area contributed by atoms with Crippen LogP contribution in [0.4, 0.5) is 0 Å². The smallest absolute Gasteiger partial charge is 0.248 e. The summed E-state index contributed by atoms with van der Waals surface area (Å²) in [6.07, 6.45) is 9.16. The molecule has 4 saturated heterocycles. The molecule has 602 valence electrons. The molecule has 28 heteroatoms. The van der Waals surface area contributed by atoms with E-state index in [0.717, 1.165) is 70.6 Å². The zero-order valence-corrected chi connectivity index (χ0v) is 66.9. The fourth-order valence-electron chi connectivity index (χ4n) is 16.3. The summed E-state index contributed by atoms with van der Waals surface area (Å²) in [5, 5.41) is 36.2. The molecule has 6 fully saturated rings. The van der Waals surface area contributed by atoms with Crippen molar-refractivity contribution >= 4 is 70.9 Å². The number of likely N-dealkylation sites (N-methyl/N-ethyl adjacent to an activating group) is 4. The second-order valence-corrected chi connectivity index (χ2v) is 34.0. The van der Waals surface area contributed by atoms with E-state index < -0.39 is 162 Å². The quantitative estimate of drug-likeness (QED) is 0.0941. The van der Waals surface area contributed by atoms with Crippen LogP contribution in [0.2, 0.25) is 0 Å². The van der Waals surface area contributed by atoms with Gasteiger partial charge in [-0.15, -0.1) is 0 Å². The Bertz CT molecular complexity index is 2960. The van der Waals surface area contributed by atoms with E-state index in [1.807, 2.05) is 55.4 Å². The highest BCUT2D eigenvalue weighted by Gasteiger charge is 2.49. The van der Waals surface area contributed by atoms with Gasteiger partial charge in [0.15, 0.2) is 0 Å². The summed E-state index contributed by atoms with van der Waals surface area (Å²) < 4.78 is 12.3. The number of carbonyl (C=O) groups is 12. The highest BCUT2D eigenvalue weighted by molar-refractivity contribution is 6.00. The number of nitrogens with zero attached hydrogens (tertiary/aromatic N) is 7. The van der Waals surface area contributed by atoms with Crippen molar-refractivity contribution in [2.45, 2.75) is 315 Å². The van der Waals surface area contributed by atoms with Crippen LogP contribution in [0.15, 0.2) is 0 Å². The Morgan fingerprint density at radius 2 is 0.972 bits per heavy atom. The van der Waals surface area contributed by atoms with Crippen LogP contribution in [-0.2, 0) is 67.0 Å². The molecule has 6 rings (SSSR count). The molecule has 4 aliphatic heterocycles. The van der Waals surface area contributed by atoms with Crippen molar-refractivity contribution in [1.29, 1.82) is 0 Å². The third-order valence-electron chi connectivity index (χ3n) is 22.2. The molecule has 0 unspecified atom stereocenters. The third kappa shape index (κ3) is 25.3. The van der Waals surface area contributed by atoms with Crippen molar-refractivity contribution in [1.82, 2.24) is 60.9 Å². The molecule has 0 spiro atoms. The van der Waals surface area contributed by atoms with E-state index in [1.54, 1.807) is 25.7 Å². The molecule has 13 atom stereocenters. The van der Waals surface area contributed by atoms with Gasteiger partial charge in [0.25, 0.3) is 0 Å². The van der Waals surface area contributed by atoms with Crippen LogP contribution >= 0.6 is 0 Å². The Morgan fingerprint density at radius 1 is 0.481 bits per heavy atom. The molecule has 12 amide bonds. The first-order valence-corrected chi connectivity index (χ1v) is 39.9. The number of likely N-dealkylation sites (tertiary alicyclic amines) is 1. The van der Waals surface area contributed by atoms with Gasteiger partial charge in [0.2, 0.25) is 70.9 Å². The standard InChI is InChI=1S/C78H134N12O16/c1-47(2)37-55-74(101)89-34-26-31-59(89)67(94)82-58(46-106-78(10,11)12)72(99)87(16)63(40-50(7)8)76(103)90-45-54(105-36-35-91)43-64(90)75(102)85(14)61(39-49(5)6)70(97)83-66(51(9)92)77(104)86(15)62(42-53-29-22-18-23-30-53)69(96)80-56(41-52-27-20-17-21-28-52)71(98)84(13)60(38-48(3)4)68(95)81-57(44-65(93)79-55)73(100)88-32-24-19-25-33-88/h47-64,66,91-92H,17-46H2,1-16H3,(H,79,93)(H,80,96)(H,81,95)(H,82,94)(H,83,97)/t51-,54-,55-,56+,57+,58+,59+,60+,61+,62+,63+,64+,66+/m1/s1. The number of hydrogen-bond donors (Lipinski definition) is 7. The topological polar surface area (TPSA) is 347 Å². The van der Waals surface area contributed by atoms with Crippen LogP contribution in [0.25, 0.3) is 0 Å². The lowest BCUT2D eigenvalue weighted by Crippen LogP contribution is -2.63. The van der Waals surface area contributed by atoms with Gasteiger partial charge in [0.1, 0.15) is 66.5 Å². The summed E-state index contributed by atoms with van der Waals surface area (Å²) >= 11 is 0. The van der Waals surface area contributed by atoms with E-state index in [4.69, 9.17) is 9.47 Å². The molecular weight excluding hydrogens is 1360 g/mol. The fraction of sp³-hybridized carbons (Fsp3) is 0.846. The maximum atomic E-state index is 15.6. The van der Waals surface area contributed by atoms with Crippen LogP contribution in [0.5, 0.6) is 0 Å². The van der Waals surface area contributed by atoms with Crippen molar-refractivity contribution in [3.05, 3.63) is 0 Å². The first-order valence-electron chi connectivity index (χ1n) is 39.9. The Kier molecular flexibility index (Phi) is 34.5. The first-order chi connectivity index (χ1) is 49.9. The summed E-state index contributed by atoms with van der Waals surface area (Å²) in [7, 11) is 5.77. The lowest BCUT2D eigenvalue weighted by Gasteiger charge is -2.38. The molecule has 6 aliphatic rings. The normalized spacial score (nSPS) is 29.0. The summed E-state index contributed by atoms with van der Waals surface area (Å²) in [5.41, 5.74) is -0.843. The first kappa shape index (κ1) is 88.4. The summed E-state index contributed by atoms with van der Waals surface area (Å²) in [4.78, 5) is 193. The largest absolute Gasteiger partial charge is 0.394 e. The van der Waals surface area contributed by atoms with Crippen molar-refractivity contribution in [2.24, 2.45) is 35.5 Å². The number of piperidine rings is 1. The minimum absolute atomic E-state index is 0.00220. The molecule has 2 saturated carbocycles. The van der Waals surface area contributed by atoms with Crippen LogP contribution in [0.1, 0.15) is 231 Å². The molecule has 0 bridgehead atoms. The molecule has 0 aromatic rings. The molecule has 0 radical (unpaired) electrons. The molecule has 0 aromatic heterocycles. The lowest BCUT2D eigenvalue weighted by molar-refractivity contribution is -0.154. The lowest BCUT2D eigenvalue weighted by atomic mass is 9.83. The maximum absolute atomic E-state index is 15.6. The summed E-state index contributed by atoms with van der Waals surface area (Å²) in [5.74, 6) is -9.08. The minimum Gasteiger partial charge on any atom is -0.394 e. The van der Waals surface area contributed by atoms with Gasteiger partial charge in [-0.1, -0.05) is 120 Å². The number of fused-ring (bicyclic) bond motifs is 2. The number of ether oxygens (including phenoxy) is 2. The highest BCUT2D eigenvalue weighted by Crippen LogP contribution is 2.33. The van der Waals surface area contributed by atoms with E-state index >= 15 is 43.2 Å². The van der Waals surface area contributed by atoms with Crippen LogP contribution < -0.4 is 26.6 Å². The Hall–Kier alpha value is -6.52. The van der Waals surface area contributed by atoms with Crippen LogP contribution in [0.3, 0.4) is 0 Å². The van der Waals surface area contributed by atoms with E-state index in [2.05, 4.69) is 26.6 Å². The second-order valence-electron chi connectivity index (χ2n) is 34.0. The monoisotopic (exact) mass is 1500 g/mol. The molecule has 4 heterocycles. The average molecular weight is 1500 g/mol. The predicted molar refractivity (Wildman–Crippen MR) is 400 cm³/mol. The number of amides is 12. The zero-order chi connectivity index (χ0) is 78.6. The van der Waals surface area contributed by atoms with Gasteiger partial charge < -0.3 is 80.6 Å². The average Bonchev–Trinajstić information content (AvgIpc) is 1.53. The van der Waals surface area contributed by atoms with Crippen LogP contribution in [0, 0.1) is 35.5 Å². The van der Waals surface area contributed by atoms with E-state index in [9.17, 15) is 24.6 Å². The van der Waals surface area contributed by atoms with Crippen LogP contribution in [-0.4, -0.2) is 274 Å². The SMILES string of the molecule is CC(C)C[C@H]1NC(=O)C[C@@H](C(=O)N2CCCCC2)NC(=O)[C@H](CC(C)C)N(C)C(=O)[C@H](CC2CCCCC2)NC(=O)[C@H](CC2CCCCC2)N(C)C(=O)[C@H]([C@@H](C)O)NC(=O)[C@H](CC(C)C)N(C)C(=O)[C@@H]2C[C@@H](OCCO)CN2C(=O)[C@H](CC(C)C)N(C)C(=O)[C@H](COC(C)(C)C)NC(=O)[C@@H]2CCCN2C1=O. The number of carbonyl (C=O) groups excluding carboxylic acids is 12. The van der Waals surface area contributed by atoms with Crippen molar-refractivity contribution in [3.8, 4) is 0 Å². The fourth-order valence-corrected chi connectivity index (χ4v) is 16.3. The van der Waals surface area contributed by atoms with Gasteiger partial charge in [0, 0.05) is 60.8 Å². The molecule has 28 nitrogen and oxygen atoms in total. The Labute approximate surface area is 631 Å². The van der Waals surface area contributed by atoms with Gasteiger partial charge in [-0.05, 0) is 134 Å². The molecule has 2 aliphatic carbocycles. The Morgan fingerprint density at radius 3 is 1.52 bits per heavy atom. The van der Waals surface area contributed by atoms with Gasteiger partial charge in [-0.3, -0.25) is 57.5 Å². The Balaban J connectivity index is 1.51. The van der Waals surface area contributed by atoms with E-state index in [0.29, 0.717) is 32.4 Å². The van der Waals surface area contributed by atoms with Gasteiger partial charge in [-0.25, -0.2) is 0 Å². The minimum atomic E-state index is -1.67. The third-order valence-corrected chi connectivity index (χ3v) is 22.2. The molecule has 106 heavy (non-hydrogen) atoms. The van der Waals surface area contributed by atoms with E-state index in [1.165, 1.54) is 64.5 Å². The number of aliphatic hydroxyl groups excluding tert-OH is 2. The van der Waals surface area contributed by atoms with Crippen molar-refractivity contribution in [3.63, 3.8) is 0 Å². The second kappa shape index (κ2) is 41.3. The van der Waals surface area contributed by atoms with Gasteiger partial charge in [0.05, 0.1) is 44.1 Å². The zero-order valence-electron chi connectivity index (χ0n) is 66.9. The van der Waals surface area contributed by atoms with E-state index in [-0.39, 0.29) is 120 Å². The predicted octanol–water partition coefficient (Wildman–Crippen LogP) is 4.43. The van der Waals surface area contributed by atoms with Crippen molar-refractivity contribution in [2.75, 3.05) is 74.2 Å². The molecule has 7 N–H and O–H groups in total. The molecular formula is C78H134N12O16. The maximum Gasteiger partial charge on any atom is 0.248 e.